The van der Waals surface area contributed by atoms with Crippen LogP contribution in [0.2, 0.25) is 0 Å². The van der Waals surface area contributed by atoms with Crippen molar-refractivity contribution in [1.29, 1.82) is 5.26 Å². The Morgan fingerprint density at radius 2 is 0.713 bits per heavy atom. The fraction of sp³-hybridized carbons (Fsp3) is 0.0290. The topological polar surface area (TPSA) is 43.5 Å². The molecule has 0 bridgehead atoms. The second-order valence-electron chi connectivity index (χ2n) is 20.2. The van der Waals surface area contributed by atoms with Crippen molar-refractivity contribution in [3.8, 4) is 51.1 Å². The molecule has 0 aliphatic carbocycles. The highest BCUT2D eigenvalue weighted by molar-refractivity contribution is 6.28. The van der Waals surface area contributed by atoms with Crippen molar-refractivity contribution in [3.63, 3.8) is 0 Å². The highest BCUT2D eigenvalue weighted by Crippen LogP contribution is 2.48. The number of halogens is 6. The van der Waals surface area contributed by atoms with Crippen LogP contribution in [0, 0.1) is 11.3 Å². The highest BCUT2D eigenvalue weighted by atomic mass is 19.4. The van der Waals surface area contributed by atoms with Gasteiger partial charge in [0.05, 0.1) is 78.3 Å². The molecule has 0 unspecified atom stereocenters. The zero-order valence-electron chi connectivity index (χ0n) is 42.0. The third-order valence-corrected chi connectivity index (χ3v) is 15.8. The maximum absolute atomic E-state index is 14.7. The lowest BCUT2D eigenvalue weighted by molar-refractivity contribution is -0.143. The van der Waals surface area contributed by atoms with Crippen molar-refractivity contribution in [2.24, 2.45) is 0 Å². The highest BCUT2D eigenvalue weighted by Gasteiger charge is 2.37. The molecule has 0 aliphatic heterocycles. The van der Waals surface area contributed by atoms with Crippen molar-refractivity contribution in [3.05, 3.63) is 253 Å². The number of rotatable bonds is 6. The van der Waals surface area contributed by atoms with E-state index in [-0.39, 0.29) is 17.2 Å². The first-order chi connectivity index (χ1) is 38.9. The molecule has 0 saturated heterocycles. The van der Waals surface area contributed by atoms with Crippen LogP contribution >= 0.6 is 0 Å². The number of hydrogen-bond acceptors (Lipinski definition) is 1. The van der Waals surface area contributed by atoms with Crippen LogP contribution in [-0.2, 0) is 12.4 Å². The number of nitrogens with zero attached hydrogens (tertiary/aromatic N) is 5. The number of benzene rings is 11. The second-order valence-corrected chi connectivity index (χ2v) is 20.2. The van der Waals surface area contributed by atoms with Gasteiger partial charge in [0.1, 0.15) is 0 Å². The molecule has 11 aromatic carbocycles. The molecule has 0 radical (unpaired) electrons. The van der Waals surface area contributed by atoms with E-state index < -0.39 is 23.5 Å². The predicted octanol–water partition coefficient (Wildman–Crippen LogP) is 19.3. The maximum Gasteiger partial charge on any atom is 0.416 e. The molecule has 4 heterocycles. The Balaban J connectivity index is 1.08. The molecule has 382 valence electrons. The Labute approximate surface area is 451 Å². The zero-order chi connectivity index (χ0) is 54.2. The number of nitriles is 1. The van der Waals surface area contributed by atoms with Gasteiger partial charge in [-0.3, -0.25) is 0 Å². The molecular formula is C69H39F6N5. The Morgan fingerprint density at radius 3 is 1.16 bits per heavy atom. The van der Waals surface area contributed by atoms with Crippen molar-refractivity contribution >= 4 is 87.2 Å². The monoisotopic (exact) mass is 1050 g/mol. The Morgan fingerprint density at radius 1 is 0.312 bits per heavy atom. The summed E-state index contributed by atoms with van der Waals surface area (Å²) in [6.45, 7) is 0. The number of hydrogen-bond donors (Lipinski definition) is 0. The van der Waals surface area contributed by atoms with Gasteiger partial charge in [-0.1, -0.05) is 140 Å². The molecule has 15 rings (SSSR count). The van der Waals surface area contributed by atoms with E-state index in [0.717, 1.165) is 111 Å². The zero-order valence-corrected chi connectivity index (χ0v) is 42.0. The molecule has 80 heavy (non-hydrogen) atoms. The minimum atomic E-state index is -5.07. The van der Waals surface area contributed by atoms with Crippen LogP contribution in [0.25, 0.3) is 132 Å². The summed E-state index contributed by atoms with van der Waals surface area (Å²) in [6.07, 6.45) is -10.1. The summed E-state index contributed by atoms with van der Waals surface area (Å²) in [7, 11) is 0. The smallest absolute Gasteiger partial charge is 0.309 e. The standard InChI is InChI=1S/C69H39F6N5/c70-68(71,72)44-36-43(37-45(39-44)69(73,74)75)42-28-30-51(63(38-42)80-59-26-14-10-22-55(59)65-61(80)34-32-53-49-20-8-12-24-57(49)78(67(53)65)47-17-5-2-6-18-47)50-29-27-41(40-76)35-62(50)79-58-25-13-9-21-54(58)64-60(79)33-31-52-48-19-7-11-23-56(48)77(66(52)64)46-15-3-1-4-16-46/h1-39H. The van der Waals surface area contributed by atoms with Gasteiger partial charge < -0.3 is 18.3 Å². The molecule has 0 fully saturated rings. The fourth-order valence-electron chi connectivity index (χ4n) is 12.5. The average molecular weight is 1050 g/mol. The van der Waals surface area contributed by atoms with Crippen LogP contribution in [0.5, 0.6) is 0 Å². The van der Waals surface area contributed by atoms with E-state index in [0.29, 0.717) is 28.1 Å². The van der Waals surface area contributed by atoms with Crippen LogP contribution in [-0.4, -0.2) is 18.3 Å². The number of aromatic nitrogens is 4. The van der Waals surface area contributed by atoms with Gasteiger partial charge in [-0.05, 0) is 108 Å². The van der Waals surface area contributed by atoms with Gasteiger partial charge in [0.2, 0.25) is 0 Å². The van der Waals surface area contributed by atoms with Gasteiger partial charge in [0, 0.05) is 65.6 Å². The van der Waals surface area contributed by atoms with Crippen LogP contribution in [0.3, 0.4) is 0 Å². The van der Waals surface area contributed by atoms with Gasteiger partial charge in [-0.2, -0.15) is 31.6 Å². The third kappa shape index (κ3) is 6.98. The van der Waals surface area contributed by atoms with Gasteiger partial charge in [-0.25, -0.2) is 0 Å². The summed E-state index contributed by atoms with van der Waals surface area (Å²) in [5, 5.41) is 18.6. The molecule has 0 aliphatic rings. The van der Waals surface area contributed by atoms with E-state index in [1.54, 1.807) is 24.3 Å². The molecule has 0 atom stereocenters. The molecular weight excluding hydrogens is 1010 g/mol. The van der Waals surface area contributed by atoms with Crippen molar-refractivity contribution in [2.75, 3.05) is 0 Å². The molecule has 11 heteroatoms. The summed E-state index contributed by atoms with van der Waals surface area (Å²) in [6, 6.07) is 75.9. The minimum Gasteiger partial charge on any atom is -0.309 e. The molecule has 0 spiro atoms. The van der Waals surface area contributed by atoms with E-state index in [4.69, 9.17) is 0 Å². The van der Waals surface area contributed by atoms with Crippen molar-refractivity contribution in [1.82, 2.24) is 18.3 Å². The molecule has 0 amide bonds. The van der Waals surface area contributed by atoms with Gasteiger partial charge >= 0.3 is 12.4 Å². The van der Waals surface area contributed by atoms with Gasteiger partial charge in [0.15, 0.2) is 0 Å². The van der Waals surface area contributed by atoms with Crippen molar-refractivity contribution < 1.29 is 26.3 Å². The quantitative estimate of drug-likeness (QED) is 0.153. The predicted molar refractivity (Wildman–Crippen MR) is 309 cm³/mol. The molecule has 5 nitrogen and oxygen atoms in total. The Kier molecular flexibility index (Phi) is 10.2. The van der Waals surface area contributed by atoms with E-state index in [2.05, 4.69) is 103 Å². The SMILES string of the molecule is N#Cc1ccc(-c2ccc(-c3cc(C(F)(F)F)cc(C(F)(F)F)c3)cc2-n2c3ccccc3c3c2ccc2c4ccccc4n(-c4ccccc4)c23)c(-n2c3ccccc3c3c2ccc2c4ccccc4n(-c4ccccc4)c23)c1. The Hall–Kier alpha value is -10.3. The minimum absolute atomic E-state index is 0.133. The lowest BCUT2D eigenvalue weighted by Gasteiger charge is -2.21. The fourth-order valence-corrected chi connectivity index (χ4v) is 12.5. The van der Waals surface area contributed by atoms with Crippen molar-refractivity contribution in [2.45, 2.75) is 12.4 Å². The van der Waals surface area contributed by atoms with E-state index in [1.807, 2.05) is 115 Å². The molecule has 4 aromatic heterocycles. The maximum atomic E-state index is 14.7. The van der Waals surface area contributed by atoms with Gasteiger partial charge in [-0.15, -0.1) is 0 Å². The molecule has 0 N–H and O–H groups in total. The first-order valence-corrected chi connectivity index (χ1v) is 26.0. The first kappa shape index (κ1) is 46.9. The number of para-hydroxylation sites is 6. The van der Waals surface area contributed by atoms with E-state index in [1.165, 1.54) is 0 Å². The van der Waals surface area contributed by atoms with Crippen LogP contribution in [0.4, 0.5) is 26.3 Å². The summed E-state index contributed by atoms with van der Waals surface area (Å²) in [5.74, 6) is 0. The second kappa shape index (κ2) is 17.3. The Bertz CT molecular complexity index is 5070. The largest absolute Gasteiger partial charge is 0.416 e. The molecule has 0 saturated carbocycles. The lowest BCUT2D eigenvalue weighted by atomic mass is 9.94. The number of fused-ring (bicyclic) bond motifs is 14. The van der Waals surface area contributed by atoms with E-state index >= 15 is 0 Å². The summed E-state index contributed by atoms with van der Waals surface area (Å²) in [5.41, 5.74) is 8.88. The van der Waals surface area contributed by atoms with Crippen LogP contribution in [0.15, 0.2) is 237 Å². The normalized spacial score (nSPS) is 12.4. The first-order valence-electron chi connectivity index (χ1n) is 26.0. The third-order valence-electron chi connectivity index (χ3n) is 15.8. The molecule has 15 aromatic rings. The summed E-state index contributed by atoms with van der Waals surface area (Å²) < 4.78 is 96.7. The van der Waals surface area contributed by atoms with Crippen LogP contribution in [0.1, 0.15) is 16.7 Å². The lowest BCUT2D eigenvalue weighted by Crippen LogP contribution is -2.11. The van der Waals surface area contributed by atoms with E-state index in [9.17, 15) is 31.6 Å². The van der Waals surface area contributed by atoms with Gasteiger partial charge in [0.25, 0.3) is 0 Å². The number of alkyl halides is 6. The summed E-state index contributed by atoms with van der Waals surface area (Å²) >= 11 is 0. The average Bonchev–Trinajstić information content (AvgIpc) is 4.28. The van der Waals surface area contributed by atoms with Crippen LogP contribution < -0.4 is 0 Å². The summed E-state index contributed by atoms with van der Waals surface area (Å²) in [4.78, 5) is 0.